The normalized spacial score (nSPS) is 36.8. The predicted octanol–water partition coefficient (Wildman–Crippen LogP) is 3.99. The second-order valence-electron chi connectivity index (χ2n) is 9.16. The molecule has 1 amide bonds. The van der Waals surface area contributed by atoms with Crippen molar-refractivity contribution in [1.29, 1.82) is 0 Å². The second-order valence-corrected chi connectivity index (χ2v) is 9.16. The van der Waals surface area contributed by atoms with Crippen LogP contribution >= 0.6 is 0 Å². The molecule has 1 aliphatic carbocycles. The van der Waals surface area contributed by atoms with Gasteiger partial charge >= 0.3 is 6.09 Å². The molecule has 2 aliphatic heterocycles. The van der Waals surface area contributed by atoms with Crippen molar-refractivity contribution in [3.63, 3.8) is 0 Å². The molecule has 4 rings (SSSR count). The smallest absolute Gasteiger partial charge is 0.407 e. The van der Waals surface area contributed by atoms with E-state index in [2.05, 4.69) is 32.2 Å². The number of benzene rings is 1. The zero-order valence-corrected chi connectivity index (χ0v) is 18.4. The third kappa shape index (κ3) is 4.27. The minimum Gasteiger partial charge on any atom is -0.443 e. The lowest BCUT2D eigenvalue weighted by Gasteiger charge is -2.42. The summed E-state index contributed by atoms with van der Waals surface area (Å²) in [7, 11) is 1.69. The number of allylic oxidation sites excluding steroid dienone is 1. The van der Waals surface area contributed by atoms with E-state index in [1.807, 2.05) is 30.3 Å². The maximum Gasteiger partial charge on any atom is 0.407 e. The molecule has 0 aromatic heterocycles. The largest absolute Gasteiger partial charge is 0.443 e. The molecule has 1 N–H and O–H groups in total. The zero-order chi connectivity index (χ0) is 21.4. The fraction of sp³-hybridized carbons (Fsp3) is 0.625. The molecule has 1 spiro atoms. The average molecular weight is 416 g/mol. The molecule has 1 saturated carbocycles. The van der Waals surface area contributed by atoms with Gasteiger partial charge in [0.15, 0.2) is 0 Å². The number of ether oxygens (including phenoxy) is 4. The van der Waals surface area contributed by atoms with Gasteiger partial charge in [-0.3, -0.25) is 0 Å². The lowest BCUT2D eigenvalue weighted by atomic mass is 9.68. The third-order valence-electron chi connectivity index (χ3n) is 6.78. The molecule has 1 aromatic rings. The van der Waals surface area contributed by atoms with E-state index in [1.54, 1.807) is 7.11 Å². The Balaban J connectivity index is 1.41. The predicted molar refractivity (Wildman–Crippen MR) is 113 cm³/mol. The van der Waals surface area contributed by atoms with Crippen LogP contribution in [0.3, 0.4) is 0 Å². The van der Waals surface area contributed by atoms with Gasteiger partial charge in [0.2, 0.25) is 0 Å². The van der Waals surface area contributed by atoms with E-state index in [1.165, 1.54) is 5.57 Å². The molecular formula is C24H33NO5. The van der Waals surface area contributed by atoms with Crippen LogP contribution in [0.1, 0.15) is 45.6 Å². The first-order valence-corrected chi connectivity index (χ1v) is 10.8. The number of methoxy groups -OCH3 is 1. The standard InChI is InChI=1S/C24H33NO5/c1-16(2)10-11-19-23(3,30-19)21-20(27-4)18(12-13-24(21)15-28-24)29-22(26)25-14-17-8-6-5-7-9-17/h5-10,18-21H,11-15H2,1-4H3,(H,25,26)/t18-,19-,20-,21-,23-,24+/m1/s1. The van der Waals surface area contributed by atoms with Crippen LogP contribution in [0.5, 0.6) is 0 Å². The second kappa shape index (κ2) is 8.33. The third-order valence-corrected chi connectivity index (χ3v) is 6.78. The van der Waals surface area contributed by atoms with Crippen LogP contribution in [0, 0.1) is 5.92 Å². The molecule has 164 valence electrons. The molecule has 0 radical (unpaired) electrons. The van der Waals surface area contributed by atoms with Crippen molar-refractivity contribution in [3.05, 3.63) is 47.5 Å². The first kappa shape index (κ1) is 21.3. The van der Waals surface area contributed by atoms with E-state index in [0.717, 1.165) is 31.4 Å². The van der Waals surface area contributed by atoms with Crippen LogP contribution in [0.25, 0.3) is 0 Å². The molecule has 0 bridgehead atoms. The molecule has 2 saturated heterocycles. The van der Waals surface area contributed by atoms with Gasteiger partial charge in [-0.1, -0.05) is 42.0 Å². The van der Waals surface area contributed by atoms with Gasteiger partial charge < -0.3 is 24.3 Å². The lowest BCUT2D eigenvalue weighted by molar-refractivity contribution is -0.118. The minimum absolute atomic E-state index is 0.0336. The summed E-state index contributed by atoms with van der Waals surface area (Å²) in [6.07, 6.45) is 3.81. The Morgan fingerprint density at radius 2 is 2.03 bits per heavy atom. The van der Waals surface area contributed by atoms with Crippen molar-refractivity contribution >= 4 is 6.09 Å². The summed E-state index contributed by atoms with van der Waals surface area (Å²) in [5.41, 5.74) is 1.78. The number of amides is 1. The van der Waals surface area contributed by atoms with Gasteiger partial charge in [-0.05, 0) is 45.6 Å². The van der Waals surface area contributed by atoms with Crippen LogP contribution < -0.4 is 5.32 Å². The van der Waals surface area contributed by atoms with E-state index in [4.69, 9.17) is 18.9 Å². The van der Waals surface area contributed by atoms with Gasteiger partial charge in [0, 0.05) is 13.7 Å². The van der Waals surface area contributed by atoms with Gasteiger partial charge in [-0.15, -0.1) is 0 Å². The Morgan fingerprint density at radius 3 is 2.67 bits per heavy atom. The lowest BCUT2D eigenvalue weighted by Crippen LogP contribution is -2.56. The highest BCUT2D eigenvalue weighted by Gasteiger charge is 2.72. The summed E-state index contributed by atoms with van der Waals surface area (Å²) in [6.45, 7) is 7.50. The maximum absolute atomic E-state index is 12.5. The minimum atomic E-state index is -0.416. The average Bonchev–Trinajstić information content (AvgIpc) is 3.64. The van der Waals surface area contributed by atoms with E-state index in [-0.39, 0.29) is 35.4 Å². The molecular weight excluding hydrogens is 382 g/mol. The Labute approximate surface area is 178 Å². The highest BCUT2D eigenvalue weighted by molar-refractivity contribution is 5.67. The number of epoxide rings is 2. The van der Waals surface area contributed by atoms with Crippen molar-refractivity contribution in [2.75, 3.05) is 13.7 Å². The van der Waals surface area contributed by atoms with Gasteiger partial charge in [-0.25, -0.2) is 4.79 Å². The van der Waals surface area contributed by atoms with Crippen molar-refractivity contribution in [1.82, 2.24) is 5.32 Å². The molecule has 30 heavy (non-hydrogen) atoms. The molecule has 6 atom stereocenters. The summed E-state index contributed by atoms with van der Waals surface area (Å²) in [5.74, 6) is 0.0336. The summed E-state index contributed by atoms with van der Waals surface area (Å²) in [6, 6.07) is 9.80. The van der Waals surface area contributed by atoms with E-state index >= 15 is 0 Å². The van der Waals surface area contributed by atoms with Crippen LogP contribution in [-0.4, -0.2) is 49.3 Å². The molecule has 0 unspecified atom stereocenters. The van der Waals surface area contributed by atoms with Gasteiger partial charge in [0.1, 0.15) is 23.4 Å². The fourth-order valence-corrected chi connectivity index (χ4v) is 5.02. The highest BCUT2D eigenvalue weighted by atomic mass is 16.6. The van der Waals surface area contributed by atoms with Gasteiger partial charge in [0.05, 0.1) is 18.6 Å². The van der Waals surface area contributed by atoms with Gasteiger partial charge in [-0.2, -0.15) is 0 Å². The molecule has 3 aliphatic rings. The fourth-order valence-electron chi connectivity index (χ4n) is 5.02. The van der Waals surface area contributed by atoms with Crippen LogP contribution in [0.2, 0.25) is 0 Å². The molecule has 6 heteroatoms. The first-order chi connectivity index (χ1) is 14.4. The Kier molecular flexibility index (Phi) is 5.93. The van der Waals surface area contributed by atoms with Crippen molar-refractivity contribution in [2.45, 2.75) is 76.1 Å². The molecule has 1 aromatic carbocycles. The number of hydrogen-bond donors (Lipinski definition) is 1. The molecule has 2 heterocycles. The van der Waals surface area contributed by atoms with Gasteiger partial charge in [0.25, 0.3) is 0 Å². The number of carbonyl (C=O) groups is 1. The van der Waals surface area contributed by atoms with E-state index in [9.17, 15) is 4.79 Å². The number of rotatable bonds is 7. The SMILES string of the molecule is CO[C@@H]1[C@H](OC(=O)NCc2ccccc2)CC[C@]2(CO2)[C@H]1[C@]1(C)O[C@@H]1CC=C(C)C. The highest BCUT2D eigenvalue weighted by Crippen LogP contribution is 2.59. The molecule has 6 nitrogen and oxygen atoms in total. The number of alkyl carbamates (subject to hydrolysis) is 1. The summed E-state index contributed by atoms with van der Waals surface area (Å²) >= 11 is 0. The van der Waals surface area contributed by atoms with Crippen LogP contribution in [0.4, 0.5) is 4.79 Å². The maximum atomic E-state index is 12.5. The Bertz CT molecular complexity index is 786. The van der Waals surface area contributed by atoms with Crippen LogP contribution in [0.15, 0.2) is 42.0 Å². The number of carbonyl (C=O) groups excluding carboxylic acids is 1. The summed E-state index contributed by atoms with van der Waals surface area (Å²) in [4.78, 5) is 12.5. The van der Waals surface area contributed by atoms with Crippen LogP contribution in [-0.2, 0) is 25.5 Å². The quantitative estimate of drug-likeness (QED) is 0.539. The number of hydrogen-bond acceptors (Lipinski definition) is 5. The summed E-state index contributed by atoms with van der Waals surface area (Å²) < 4.78 is 23.9. The topological polar surface area (TPSA) is 72.6 Å². The van der Waals surface area contributed by atoms with Crippen molar-refractivity contribution < 1.29 is 23.7 Å². The number of nitrogens with one attached hydrogen (secondary N) is 1. The Hall–Kier alpha value is -1.89. The van der Waals surface area contributed by atoms with E-state index < -0.39 is 6.09 Å². The van der Waals surface area contributed by atoms with Crippen molar-refractivity contribution in [2.24, 2.45) is 5.92 Å². The first-order valence-electron chi connectivity index (χ1n) is 10.8. The zero-order valence-electron chi connectivity index (χ0n) is 18.4. The Morgan fingerprint density at radius 1 is 1.30 bits per heavy atom. The van der Waals surface area contributed by atoms with Crippen molar-refractivity contribution in [3.8, 4) is 0 Å². The summed E-state index contributed by atoms with van der Waals surface area (Å²) in [5, 5.41) is 2.85. The monoisotopic (exact) mass is 415 g/mol. The molecule has 3 fully saturated rings. The van der Waals surface area contributed by atoms with E-state index in [0.29, 0.717) is 6.54 Å².